The van der Waals surface area contributed by atoms with Crippen LogP contribution in [0.25, 0.3) is 5.82 Å². The predicted molar refractivity (Wildman–Crippen MR) is 109 cm³/mol. The normalized spacial score (nSPS) is 11.2. The summed E-state index contributed by atoms with van der Waals surface area (Å²) in [5, 5.41) is 2.42. The van der Waals surface area contributed by atoms with Crippen LogP contribution in [0.1, 0.15) is 21.7 Å². The van der Waals surface area contributed by atoms with Crippen molar-refractivity contribution in [3.05, 3.63) is 96.5 Å². The molecule has 162 valence electrons. The van der Waals surface area contributed by atoms with E-state index in [1.54, 1.807) is 23.0 Å². The number of nitrogens with one attached hydrogen (secondary N) is 1. The third-order valence-corrected chi connectivity index (χ3v) is 4.34. The van der Waals surface area contributed by atoms with Crippen LogP contribution in [-0.2, 0) is 12.8 Å². The lowest BCUT2D eigenvalue weighted by Crippen LogP contribution is -2.16. The van der Waals surface area contributed by atoms with Gasteiger partial charge in [-0.1, -0.05) is 30.3 Å². The molecule has 0 saturated carbocycles. The van der Waals surface area contributed by atoms with E-state index in [-0.39, 0.29) is 18.0 Å². The molecule has 1 amide bonds. The van der Waals surface area contributed by atoms with Crippen molar-refractivity contribution < 1.29 is 22.7 Å². The van der Waals surface area contributed by atoms with Gasteiger partial charge in [0.1, 0.15) is 35.9 Å². The third kappa shape index (κ3) is 5.09. The van der Waals surface area contributed by atoms with E-state index in [9.17, 15) is 18.0 Å². The summed E-state index contributed by atoms with van der Waals surface area (Å²) in [4.78, 5) is 24.3. The number of alkyl halides is 3. The Hall–Kier alpha value is -4.21. The second kappa shape index (κ2) is 8.88. The molecule has 10 heteroatoms. The molecule has 0 aliphatic carbocycles. The number of halogens is 3. The Morgan fingerprint density at radius 3 is 2.59 bits per heavy atom. The largest absolute Gasteiger partial charge is 0.489 e. The number of imidazole rings is 1. The van der Waals surface area contributed by atoms with Crippen molar-refractivity contribution in [3.63, 3.8) is 0 Å². The van der Waals surface area contributed by atoms with E-state index < -0.39 is 17.8 Å². The molecule has 3 aromatic heterocycles. The average Bonchev–Trinajstić information content (AvgIpc) is 3.33. The number of nitrogens with zero attached hydrogens (tertiary/aromatic N) is 4. The van der Waals surface area contributed by atoms with Crippen LogP contribution >= 0.6 is 0 Å². The van der Waals surface area contributed by atoms with E-state index >= 15 is 0 Å². The average molecular weight is 439 g/mol. The number of ether oxygens (including phenoxy) is 1. The van der Waals surface area contributed by atoms with Gasteiger partial charge in [0.05, 0.1) is 0 Å². The summed E-state index contributed by atoms with van der Waals surface area (Å²) in [6.07, 6.45) is 1.04. The number of aromatic nitrogens is 4. The topological polar surface area (TPSA) is 81.9 Å². The summed E-state index contributed by atoms with van der Waals surface area (Å²) in [6, 6.07) is 14.5. The van der Waals surface area contributed by atoms with E-state index in [4.69, 9.17) is 4.74 Å². The maximum absolute atomic E-state index is 12.9. The lowest BCUT2D eigenvalue weighted by Gasteiger charge is -2.12. The fraction of sp³-hybridized carbons (Fsp3) is 0.0909. The molecule has 4 rings (SSSR count). The molecule has 4 aromatic rings. The summed E-state index contributed by atoms with van der Waals surface area (Å²) in [5.41, 5.74) is -0.276. The summed E-state index contributed by atoms with van der Waals surface area (Å²) >= 11 is 0. The molecule has 0 aliphatic rings. The molecular weight excluding hydrogens is 423 g/mol. The van der Waals surface area contributed by atoms with Crippen LogP contribution in [-0.4, -0.2) is 25.4 Å². The molecule has 3 heterocycles. The maximum atomic E-state index is 12.9. The number of carbonyl (C=O) groups is 1. The first-order chi connectivity index (χ1) is 15.4. The van der Waals surface area contributed by atoms with Crippen molar-refractivity contribution in [2.75, 3.05) is 5.32 Å². The number of hydrogen-bond donors (Lipinski definition) is 1. The monoisotopic (exact) mass is 439 g/mol. The van der Waals surface area contributed by atoms with Gasteiger partial charge in [0.25, 0.3) is 5.91 Å². The highest BCUT2D eigenvalue weighted by Crippen LogP contribution is 2.29. The zero-order valence-electron chi connectivity index (χ0n) is 16.5. The Morgan fingerprint density at radius 2 is 1.88 bits per heavy atom. The van der Waals surface area contributed by atoms with Crippen LogP contribution in [0, 0.1) is 0 Å². The summed E-state index contributed by atoms with van der Waals surface area (Å²) in [5.74, 6) is 0.0307. The van der Waals surface area contributed by atoms with E-state index in [0.717, 1.165) is 17.8 Å². The van der Waals surface area contributed by atoms with Crippen LogP contribution in [0.15, 0.2) is 79.5 Å². The van der Waals surface area contributed by atoms with Gasteiger partial charge in [0, 0.05) is 36.4 Å². The minimum atomic E-state index is -4.63. The molecule has 0 fully saturated rings. The highest BCUT2D eigenvalue weighted by Gasteiger charge is 2.32. The standard InChI is InChI=1S/C22H16F3N5O2/c23-22(24,25)19-10-16(6-7-27-19)28-21(31)18-11-17(32-13-15-4-2-1-3-5-15)12-20(29-18)30-9-8-26-14-30/h1-12,14H,13H2,(H,27,28,31). The Bertz CT molecular complexity index is 1210. The van der Waals surface area contributed by atoms with Crippen LogP contribution in [0.2, 0.25) is 0 Å². The van der Waals surface area contributed by atoms with E-state index in [0.29, 0.717) is 11.6 Å². The molecule has 0 aliphatic heterocycles. The molecule has 0 bridgehead atoms. The highest BCUT2D eigenvalue weighted by molar-refractivity contribution is 6.03. The van der Waals surface area contributed by atoms with Crippen LogP contribution in [0.3, 0.4) is 0 Å². The van der Waals surface area contributed by atoms with Gasteiger partial charge in [-0.3, -0.25) is 14.3 Å². The molecule has 1 aromatic carbocycles. The van der Waals surface area contributed by atoms with Crippen LogP contribution in [0.4, 0.5) is 18.9 Å². The van der Waals surface area contributed by atoms with Gasteiger partial charge in [-0.05, 0) is 17.7 Å². The summed E-state index contributed by atoms with van der Waals surface area (Å²) in [6.45, 7) is 0.259. The van der Waals surface area contributed by atoms with Crippen molar-refractivity contribution in [2.24, 2.45) is 0 Å². The van der Waals surface area contributed by atoms with Gasteiger partial charge in [-0.2, -0.15) is 13.2 Å². The fourth-order valence-corrected chi connectivity index (χ4v) is 2.82. The second-order valence-corrected chi connectivity index (χ2v) is 6.67. The fourth-order valence-electron chi connectivity index (χ4n) is 2.82. The SMILES string of the molecule is O=C(Nc1ccnc(C(F)(F)F)c1)c1cc(OCc2ccccc2)cc(-n2ccnc2)n1. The first-order valence-corrected chi connectivity index (χ1v) is 9.40. The molecule has 1 N–H and O–H groups in total. The number of pyridine rings is 2. The van der Waals surface area contributed by atoms with Gasteiger partial charge >= 0.3 is 6.18 Å². The predicted octanol–water partition coefficient (Wildman–Crippen LogP) is 4.51. The van der Waals surface area contributed by atoms with Crippen molar-refractivity contribution in [2.45, 2.75) is 12.8 Å². The quantitative estimate of drug-likeness (QED) is 0.478. The maximum Gasteiger partial charge on any atom is 0.433 e. The number of amides is 1. The zero-order valence-corrected chi connectivity index (χ0v) is 16.5. The third-order valence-electron chi connectivity index (χ3n) is 4.34. The minimum Gasteiger partial charge on any atom is -0.489 e. The molecule has 7 nitrogen and oxygen atoms in total. The Kier molecular flexibility index (Phi) is 5.84. The molecule has 32 heavy (non-hydrogen) atoms. The number of rotatable bonds is 6. The minimum absolute atomic E-state index is 0.0374. The van der Waals surface area contributed by atoms with Gasteiger partial charge < -0.3 is 10.1 Å². The van der Waals surface area contributed by atoms with Crippen molar-refractivity contribution in [1.82, 2.24) is 19.5 Å². The van der Waals surface area contributed by atoms with E-state index in [1.165, 1.54) is 18.5 Å². The Labute approximate surface area is 180 Å². The molecule has 0 radical (unpaired) electrons. The van der Waals surface area contributed by atoms with E-state index in [2.05, 4.69) is 20.3 Å². The number of anilines is 1. The molecule has 0 atom stereocenters. The van der Waals surface area contributed by atoms with Gasteiger partial charge in [-0.25, -0.2) is 9.97 Å². The summed E-state index contributed by atoms with van der Waals surface area (Å²) in [7, 11) is 0. The Morgan fingerprint density at radius 1 is 1.06 bits per heavy atom. The van der Waals surface area contributed by atoms with Crippen LogP contribution < -0.4 is 10.1 Å². The van der Waals surface area contributed by atoms with Crippen molar-refractivity contribution in [3.8, 4) is 11.6 Å². The van der Waals surface area contributed by atoms with Gasteiger partial charge in [-0.15, -0.1) is 0 Å². The van der Waals surface area contributed by atoms with Gasteiger partial charge in [0.15, 0.2) is 0 Å². The first kappa shape index (κ1) is 21.0. The molecular formula is C22H16F3N5O2. The lowest BCUT2D eigenvalue weighted by atomic mass is 10.2. The smallest absolute Gasteiger partial charge is 0.433 e. The lowest BCUT2D eigenvalue weighted by molar-refractivity contribution is -0.141. The number of carbonyl (C=O) groups excluding carboxylic acids is 1. The van der Waals surface area contributed by atoms with Crippen molar-refractivity contribution in [1.29, 1.82) is 0 Å². The van der Waals surface area contributed by atoms with Crippen LogP contribution in [0.5, 0.6) is 5.75 Å². The second-order valence-electron chi connectivity index (χ2n) is 6.67. The van der Waals surface area contributed by atoms with E-state index in [1.807, 2.05) is 30.3 Å². The first-order valence-electron chi connectivity index (χ1n) is 9.40. The molecule has 0 unspecified atom stereocenters. The van der Waals surface area contributed by atoms with Crippen molar-refractivity contribution >= 4 is 11.6 Å². The highest BCUT2D eigenvalue weighted by atomic mass is 19.4. The van der Waals surface area contributed by atoms with Gasteiger partial charge in [0.2, 0.25) is 0 Å². The summed E-state index contributed by atoms with van der Waals surface area (Å²) < 4.78 is 46.1. The molecule has 0 spiro atoms. The Balaban J connectivity index is 1.60. The number of benzene rings is 1. The zero-order chi connectivity index (χ0) is 22.6. The molecule has 0 saturated heterocycles. The number of hydrogen-bond acceptors (Lipinski definition) is 5.